The van der Waals surface area contributed by atoms with Gasteiger partial charge >= 0.3 is 6.18 Å². The fraction of sp³-hybridized carbons (Fsp3) is 0.556. The first-order chi connectivity index (χ1) is 15.6. The van der Waals surface area contributed by atoms with Gasteiger partial charge in [0.15, 0.2) is 0 Å². The van der Waals surface area contributed by atoms with Gasteiger partial charge in [0.25, 0.3) is 0 Å². The number of halogens is 6. The zero-order valence-corrected chi connectivity index (χ0v) is 19.3. The van der Waals surface area contributed by atoms with E-state index in [0.29, 0.717) is 24.5 Å². The van der Waals surface area contributed by atoms with Crippen LogP contribution in [0, 0.1) is 35.2 Å². The minimum atomic E-state index is -5.15. The maximum atomic E-state index is 14.7. The molecule has 0 spiro atoms. The van der Waals surface area contributed by atoms with Crippen LogP contribution in [0.5, 0.6) is 0 Å². The lowest BCUT2D eigenvalue weighted by atomic mass is 9.77. The zero-order valence-electron chi connectivity index (χ0n) is 19.3. The second kappa shape index (κ2) is 11.0. The monoisotopic (exact) mass is 470 g/mol. The predicted molar refractivity (Wildman–Crippen MR) is 119 cm³/mol. The van der Waals surface area contributed by atoms with Gasteiger partial charge in [-0.3, -0.25) is 0 Å². The number of benzene rings is 2. The van der Waals surface area contributed by atoms with E-state index >= 15 is 0 Å². The minimum Gasteiger partial charge on any atom is -0.206 e. The van der Waals surface area contributed by atoms with E-state index in [1.807, 2.05) is 0 Å². The molecule has 2 aromatic carbocycles. The van der Waals surface area contributed by atoms with E-state index < -0.39 is 29.2 Å². The first-order valence-electron chi connectivity index (χ1n) is 11.9. The molecule has 0 aliphatic heterocycles. The molecule has 0 aromatic heterocycles. The molecule has 1 atom stereocenters. The summed E-state index contributed by atoms with van der Waals surface area (Å²) in [6.07, 6.45) is 5.22. The van der Waals surface area contributed by atoms with Gasteiger partial charge in [-0.05, 0) is 59.9 Å². The third kappa shape index (κ3) is 6.77. The normalized spacial score (nSPS) is 20.1. The van der Waals surface area contributed by atoms with Crippen molar-refractivity contribution in [3.05, 3.63) is 58.9 Å². The molecule has 1 fully saturated rings. The first-order valence-corrected chi connectivity index (χ1v) is 11.9. The van der Waals surface area contributed by atoms with Gasteiger partial charge in [0, 0.05) is 5.56 Å². The Morgan fingerprint density at radius 2 is 1.42 bits per heavy atom. The highest BCUT2D eigenvalue weighted by Gasteiger charge is 2.38. The van der Waals surface area contributed by atoms with Crippen LogP contribution < -0.4 is 0 Å². The summed E-state index contributed by atoms with van der Waals surface area (Å²) in [4.78, 5) is 0. The summed E-state index contributed by atoms with van der Waals surface area (Å²) >= 11 is 0. The molecule has 0 heterocycles. The number of hydrogen-bond acceptors (Lipinski definition) is 0. The summed E-state index contributed by atoms with van der Waals surface area (Å²) in [5, 5.41) is 0. The van der Waals surface area contributed by atoms with Crippen molar-refractivity contribution in [2.45, 2.75) is 77.8 Å². The van der Waals surface area contributed by atoms with Gasteiger partial charge in [-0.1, -0.05) is 70.9 Å². The summed E-state index contributed by atoms with van der Waals surface area (Å²) in [5.41, 5.74) is -1.55. The van der Waals surface area contributed by atoms with Crippen LogP contribution in [0.15, 0.2) is 30.3 Å². The second-order valence-electron chi connectivity index (χ2n) is 9.64. The summed E-state index contributed by atoms with van der Waals surface area (Å²) < 4.78 is 80.7. The maximum Gasteiger partial charge on any atom is 0.422 e. The average Bonchev–Trinajstić information content (AvgIpc) is 2.75. The standard InChI is InChI=1S/C27H32F6/c1-3-17(2)4-5-18-6-8-19(9-7-18)10-11-20-12-13-22(23(28)14-20)21-15-24(29)26(25(30)16-21)27(31,32)33/h12-19H,3-11H2,1-2H3. The van der Waals surface area contributed by atoms with Gasteiger partial charge in [0.05, 0.1) is 0 Å². The van der Waals surface area contributed by atoms with E-state index in [-0.39, 0.29) is 11.1 Å². The fourth-order valence-electron chi connectivity index (χ4n) is 4.85. The second-order valence-corrected chi connectivity index (χ2v) is 9.64. The van der Waals surface area contributed by atoms with Crippen molar-refractivity contribution in [1.29, 1.82) is 0 Å². The van der Waals surface area contributed by atoms with E-state index in [0.717, 1.165) is 23.8 Å². The van der Waals surface area contributed by atoms with Gasteiger partial charge in [-0.25, -0.2) is 13.2 Å². The van der Waals surface area contributed by atoms with Crippen molar-refractivity contribution in [2.75, 3.05) is 0 Å². The quantitative estimate of drug-likeness (QED) is 0.337. The number of aryl methyl sites for hydroxylation is 1. The Hall–Kier alpha value is -1.98. The lowest BCUT2D eigenvalue weighted by Crippen LogP contribution is -2.16. The molecular weight excluding hydrogens is 438 g/mol. The van der Waals surface area contributed by atoms with Crippen LogP contribution in [-0.2, 0) is 12.6 Å². The van der Waals surface area contributed by atoms with Crippen LogP contribution in [0.25, 0.3) is 11.1 Å². The molecule has 0 amide bonds. The summed E-state index contributed by atoms with van der Waals surface area (Å²) in [5.74, 6) is -1.97. The lowest BCUT2D eigenvalue weighted by molar-refractivity contribution is -0.142. The Morgan fingerprint density at radius 3 is 1.94 bits per heavy atom. The highest BCUT2D eigenvalue weighted by Crippen LogP contribution is 2.37. The van der Waals surface area contributed by atoms with Crippen LogP contribution in [0.4, 0.5) is 26.3 Å². The van der Waals surface area contributed by atoms with E-state index in [1.165, 1.54) is 57.1 Å². The summed E-state index contributed by atoms with van der Waals surface area (Å²) in [6.45, 7) is 4.54. The van der Waals surface area contributed by atoms with Crippen molar-refractivity contribution < 1.29 is 26.3 Å². The third-order valence-corrected chi connectivity index (χ3v) is 7.24. The molecule has 0 N–H and O–H groups in total. The molecule has 1 aliphatic rings. The molecule has 1 unspecified atom stereocenters. The van der Waals surface area contributed by atoms with Gasteiger partial charge < -0.3 is 0 Å². The number of alkyl halides is 3. The molecule has 33 heavy (non-hydrogen) atoms. The molecule has 0 bridgehead atoms. The smallest absolute Gasteiger partial charge is 0.206 e. The molecular formula is C27H32F6. The van der Waals surface area contributed by atoms with Crippen LogP contribution in [-0.4, -0.2) is 0 Å². The van der Waals surface area contributed by atoms with E-state index in [9.17, 15) is 26.3 Å². The van der Waals surface area contributed by atoms with Gasteiger partial charge in [0.1, 0.15) is 23.0 Å². The Morgan fingerprint density at radius 1 is 0.848 bits per heavy atom. The fourth-order valence-corrected chi connectivity index (χ4v) is 4.85. The average molecular weight is 471 g/mol. The number of rotatable bonds is 8. The first kappa shape index (κ1) is 25.6. The molecule has 0 nitrogen and oxygen atoms in total. The topological polar surface area (TPSA) is 0 Å². The largest absolute Gasteiger partial charge is 0.422 e. The highest BCUT2D eigenvalue weighted by molar-refractivity contribution is 5.65. The predicted octanol–water partition coefficient (Wildman–Crippen LogP) is 9.35. The summed E-state index contributed by atoms with van der Waals surface area (Å²) in [6, 6.07) is 5.45. The highest BCUT2D eigenvalue weighted by atomic mass is 19.4. The van der Waals surface area contributed by atoms with Crippen molar-refractivity contribution in [1.82, 2.24) is 0 Å². The van der Waals surface area contributed by atoms with Crippen LogP contribution >= 0.6 is 0 Å². The van der Waals surface area contributed by atoms with Crippen LogP contribution in [0.3, 0.4) is 0 Å². The molecule has 182 valence electrons. The van der Waals surface area contributed by atoms with Gasteiger partial charge in [-0.2, -0.15) is 13.2 Å². The molecule has 6 heteroatoms. The van der Waals surface area contributed by atoms with Crippen molar-refractivity contribution in [3.63, 3.8) is 0 Å². The Labute approximate surface area is 192 Å². The Kier molecular flexibility index (Phi) is 8.52. The molecule has 2 aromatic rings. The third-order valence-electron chi connectivity index (χ3n) is 7.24. The maximum absolute atomic E-state index is 14.7. The Bertz CT molecular complexity index is 902. The Balaban J connectivity index is 1.58. The van der Waals surface area contributed by atoms with E-state index in [2.05, 4.69) is 13.8 Å². The SMILES string of the molecule is CCC(C)CCC1CCC(CCc2ccc(-c3cc(F)c(C(F)(F)F)c(F)c3)c(F)c2)CC1. The molecule has 0 saturated heterocycles. The summed E-state index contributed by atoms with van der Waals surface area (Å²) in [7, 11) is 0. The zero-order chi connectivity index (χ0) is 24.2. The molecule has 3 rings (SSSR count). The molecule has 0 radical (unpaired) electrons. The lowest BCUT2D eigenvalue weighted by Gasteiger charge is -2.29. The molecule has 1 aliphatic carbocycles. The van der Waals surface area contributed by atoms with Crippen LogP contribution in [0.2, 0.25) is 0 Å². The molecule has 1 saturated carbocycles. The minimum absolute atomic E-state index is 0.118. The van der Waals surface area contributed by atoms with Gasteiger partial charge in [-0.15, -0.1) is 0 Å². The van der Waals surface area contributed by atoms with Crippen molar-refractivity contribution in [2.24, 2.45) is 17.8 Å². The van der Waals surface area contributed by atoms with E-state index in [1.54, 1.807) is 6.07 Å². The van der Waals surface area contributed by atoms with Gasteiger partial charge in [0.2, 0.25) is 0 Å². The van der Waals surface area contributed by atoms with E-state index in [4.69, 9.17) is 0 Å². The van der Waals surface area contributed by atoms with Crippen molar-refractivity contribution in [3.8, 4) is 11.1 Å². The van der Waals surface area contributed by atoms with Crippen LogP contribution in [0.1, 0.15) is 76.3 Å². The number of hydrogen-bond donors (Lipinski definition) is 0. The van der Waals surface area contributed by atoms with Crippen molar-refractivity contribution >= 4 is 0 Å².